The summed E-state index contributed by atoms with van der Waals surface area (Å²) in [7, 11) is 0. The normalized spacial score (nSPS) is 11.4. The molecule has 5 aromatic rings. The molecule has 0 aliphatic heterocycles. The highest BCUT2D eigenvalue weighted by Gasteiger charge is 2.18. The first-order valence-electron chi connectivity index (χ1n) is 14.3. The zero-order valence-electron chi connectivity index (χ0n) is 24.9. The van der Waals surface area contributed by atoms with E-state index in [0.29, 0.717) is 39.3 Å². The zero-order chi connectivity index (χ0) is 29.3. The van der Waals surface area contributed by atoms with E-state index < -0.39 is 0 Å². The number of aryl methyl sites for hydroxylation is 4. The van der Waals surface area contributed by atoms with Gasteiger partial charge in [-0.2, -0.15) is 0 Å². The topological polar surface area (TPSA) is 83.8 Å². The molecule has 0 atom stereocenters. The van der Waals surface area contributed by atoms with Gasteiger partial charge in [0.1, 0.15) is 0 Å². The standard InChI is InChI=1S/C34H38N8/c1-25-9-5-13-29(37-25)19-41(20-30-14-6-10-26(2)38-30)23-33-34(36-18-17-35-33)24-42(21-31-15-7-11-27(3)39-31)22-32-16-8-12-28(4)40-32/h5-18H,19-24H2,1-4H3. The molecule has 42 heavy (non-hydrogen) atoms. The van der Waals surface area contributed by atoms with Gasteiger partial charge in [0.15, 0.2) is 0 Å². The molecule has 0 amide bonds. The fourth-order valence-corrected chi connectivity index (χ4v) is 5.09. The average molecular weight is 559 g/mol. The van der Waals surface area contributed by atoms with E-state index >= 15 is 0 Å². The van der Waals surface area contributed by atoms with E-state index in [4.69, 9.17) is 29.9 Å². The van der Waals surface area contributed by atoms with Crippen LogP contribution in [-0.2, 0) is 39.3 Å². The van der Waals surface area contributed by atoms with Crippen LogP contribution < -0.4 is 0 Å². The van der Waals surface area contributed by atoms with Crippen LogP contribution in [0.25, 0.3) is 0 Å². The van der Waals surface area contributed by atoms with Gasteiger partial charge >= 0.3 is 0 Å². The van der Waals surface area contributed by atoms with Crippen LogP contribution in [0.15, 0.2) is 85.2 Å². The Morgan fingerprint density at radius 2 is 0.690 bits per heavy atom. The molecular formula is C34H38N8. The number of hydrogen-bond acceptors (Lipinski definition) is 8. The van der Waals surface area contributed by atoms with Gasteiger partial charge in [0.2, 0.25) is 0 Å². The highest BCUT2D eigenvalue weighted by molar-refractivity contribution is 5.17. The molecule has 214 valence electrons. The lowest BCUT2D eigenvalue weighted by molar-refractivity contribution is 0.222. The molecule has 0 saturated carbocycles. The SMILES string of the molecule is Cc1cccc(CN(Cc2cccc(C)n2)Cc2nccnc2CN(Cc2cccc(C)n2)Cc2cccc(C)n2)n1. The minimum atomic E-state index is 0.619. The first kappa shape index (κ1) is 29.1. The molecule has 0 unspecified atom stereocenters. The number of nitrogens with zero attached hydrogens (tertiary/aromatic N) is 8. The van der Waals surface area contributed by atoms with Gasteiger partial charge in [0.05, 0.1) is 34.2 Å². The molecule has 0 aliphatic rings. The zero-order valence-corrected chi connectivity index (χ0v) is 24.9. The predicted octanol–water partition coefficient (Wildman–Crippen LogP) is 5.70. The summed E-state index contributed by atoms with van der Waals surface area (Å²) in [6.45, 7) is 12.1. The summed E-state index contributed by atoms with van der Waals surface area (Å²) in [5.74, 6) is 0. The molecule has 5 rings (SSSR count). The van der Waals surface area contributed by atoms with Crippen molar-refractivity contribution in [1.82, 2.24) is 39.7 Å². The van der Waals surface area contributed by atoms with Crippen molar-refractivity contribution < 1.29 is 0 Å². The van der Waals surface area contributed by atoms with Gasteiger partial charge in [-0.15, -0.1) is 0 Å². The Bertz CT molecular complexity index is 1400. The van der Waals surface area contributed by atoms with E-state index in [-0.39, 0.29) is 0 Å². The molecule has 0 fully saturated rings. The Morgan fingerprint density at radius 3 is 0.952 bits per heavy atom. The van der Waals surface area contributed by atoms with Gasteiger partial charge in [-0.3, -0.25) is 39.7 Å². The molecule has 8 nitrogen and oxygen atoms in total. The fraction of sp³-hybridized carbons (Fsp3) is 0.294. The van der Waals surface area contributed by atoms with E-state index in [1.54, 1.807) is 12.4 Å². The van der Waals surface area contributed by atoms with E-state index in [9.17, 15) is 0 Å². The third-order valence-electron chi connectivity index (χ3n) is 6.93. The van der Waals surface area contributed by atoms with Crippen LogP contribution in [0.3, 0.4) is 0 Å². The van der Waals surface area contributed by atoms with Crippen molar-refractivity contribution in [2.75, 3.05) is 0 Å². The Morgan fingerprint density at radius 1 is 0.405 bits per heavy atom. The number of hydrogen-bond donors (Lipinski definition) is 0. The molecule has 5 aromatic heterocycles. The highest BCUT2D eigenvalue weighted by atomic mass is 15.2. The molecule has 0 bridgehead atoms. The molecule has 0 spiro atoms. The van der Waals surface area contributed by atoms with Gasteiger partial charge < -0.3 is 0 Å². The van der Waals surface area contributed by atoms with Crippen molar-refractivity contribution in [3.05, 3.63) is 142 Å². The van der Waals surface area contributed by atoms with Crippen LogP contribution in [0.1, 0.15) is 56.9 Å². The summed E-state index contributed by atoms with van der Waals surface area (Å²) in [5.41, 5.74) is 9.98. The van der Waals surface area contributed by atoms with Gasteiger partial charge in [0.25, 0.3) is 0 Å². The largest absolute Gasteiger partial charge is 0.286 e. The van der Waals surface area contributed by atoms with Crippen LogP contribution in [-0.4, -0.2) is 39.7 Å². The second-order valence-electron chi connectivity index (χ2n) is 10.8. The van der Waals surface area contributed by atoms with Crippen molar-refractivity contribution in [2.45, 2.75) is 67.0 Å². The van der Waals surface area contributed by atoms with Gasteiger partial charge in [0, 0.05) is 74.4 Å². The molecule has 5 heterocycles. The quantitative estimate of drug-likeness (QED) is 0.193. The summed E-state index contributed by atoms with van der Waals surface area (Å²) in [6.07, 6.45) is 3.56. The maximum absolute atomic E-state index is 4.83. The average Bonchev–Trinajstić information content (AvgIpc) is 2.94. The second-order valence-corrected chi connectivity index (χ2v) is 10.8. The molecular weight excluding hydrogens is 520 g/mol. The van der Waals surface area contributed by atoms with Crippen molar-refractivity contribution >= 4 is 0 Å². The Labute approximate surface area is 248 Å². The monoisotopic (exact) mass is 558 g/mol. The van der Waals surface area contributed by atoms with E-state index in [1.807, 2.05) is 52.0 Å². The molecule has 0 N–H and O–H groups in total. The van der Waals surface area contributed by atoms with E-state index in [2.05, 4.69) is 58.3 Å². The third-order valence-corrected chi connectivity index (χ3v) is 6.93. The molecule has 8 heteroatoms. The summed E-state index contributed by atoms with van der Waals surface area (Å²) >= 11 is 0. The lowest BCUT2D eigenvalue weighted by atomic mass is 10.2. The smallest absolute Gasteiger partial charge is 0.0772 e. The first-order valence-corrected chi connectivity index (χ1v) is 14.3. The van der Waals surface area contributed by atoms with Crippen molar-refractivity contribution in [1.29, 1.82) is 0 Å². The minimum absolute atomic E-state index is 0.619. The van der Waals surface area contributed by atoms with Crippen molar-refractivity contribution in [3.8, 4) is 0 Å². The Hall–Kier alpha value is -4.40. The number of rotatable bonds is 12. The molecule has 0 saturated heterocycles. The molecule has 0 radical (unpaired) electrons. The maximum Gasteiger partial charge on any atom is 0.0772 e. The number of aromatic nitrogens is 6. The Balaban J connectivity index is 1.42. The van der Waals surface area contributed by atoms with Crippen molar-refractivity contribution in [3.63, 3.8) is 0 Å². The minimum Gasteiger partial charge on any atom is -0.286 e. The van der Waals surface area contributed by atoms with Crippen LogP contribution in [0.4, 0.5) is 0 Å². The lowest BCUT2D eigenvalue weighted by Crippen LogP contribution is -2.28. The molecule has 0 aliphatic carbocycles. The van der Waals surface area contributed by atoms with Crippen molar-refractivity contribution in [2.24, 2.45) is 0 Å². The predicted molar refractivity (Wildman–Crippen MR) is 164 cm³/mol. The second kappa shape index (κ2) is 14.0. The summed E-state index contributed by atoms with van der Waals surface area (Å²) in [5, 5.41) is 0. The first-order chi connectivity index (χ1) is 20.4. The number of pyridine rings is 4. The van der Waals surface area contributed by atoms with Crippen LogP contribution in [0.5, 0.6) is 0 Å². The van der Waals surface area contributed by atoms with Gasteiger partial charge in [-0.25, -0.2) is 0 Å². The summed E-state index contributed by atoms with van der Waals surface area (Å²) < 4.78 is 0. The molecule has 0 aromatic carbocycles. The summed E-state index contributed by atoms with van der Waals surface area (Å²) in [6, 6.07) is 24.6. The Kier molecular flexibility index (Phi) is 9.69. The van der Waals surface area contributed by atoms with E-state index in [1.165, 1.54) is 0 Å². The van der Waals surface area contributed by atoms with Gasteiger partial charge in [-0.1, -0.05) is 24.3 Å². The summed E-state index contributed by atoms with van der Waals surface area (Å²) in [4.78, 5) is 33.4. The fourth-order valence-electron chi connectivity index (χ4n) is 5.09. The van der Waals surface area contributed by atoms with Crippen LogP contribution in [0.2, 0.25) is 0 Å². The highest BCUT2D eigenvalue weighted by Crippen LogP contribution is 2.18. The van der Waals surface area contributed by atoms with Crippen LogP contribution in [0, 0.1) is 27.7 Å². The van der Waals surface area contributed by atoms with E-state index in [0.717, 1.165) is 56.9 Å². The maximum atomic E-state index is 4.83. The lowest BCUT2D eigenvalue weighted by Gasteiger charge is -2.25. The third kappa shape index (κ3) is 8.55. The van der Waals surface area contributed by atoms with Gasteiger partial charge in [-0.05, 0) is 76.2 Å². The van der Waals surface area contributed by atoms with Crippen LogP contribution >= 0.6 is 0 Å².